The van der Waals surface area contributed by atoms with Crippen LogP contribution < -0.4 is 5.32 Å². The molecule has 146 valence electrons. The normalized spacial score (nSPS) is 11.8. The van der Waals surface area contributed by atoms with Gasteiger partial charge in [0.05, 0.1) is 21.6 Å². The lowest BCUT2D eigenvalue weighted by molar-refractivity contribution is 0.575. The van der Waals surface area contributed by atoms with E-state index in [4.69, 9.17) is 9.97 Å². The average molecular weight is 413 g/mol. The zero-order chi connectivity index (χ0) is 19.7. The molecule has 28 heavy (non-hydrogen) atoms. The third-order valence-corrected chi connectivity index (χ3v) is 6.41. The smallest absolute Gasteiger partial charge is 0.184 e. The molecule has 0 aliphatic carbocycles. The first-order chi connectivity index (χ1) is 13.5. The lowest BCUT2D eigenvalue weighted by atomic mass is 10.1. The van der Waals surface area contributed by atoms with Crippen LogP contribution in [-0.2, 0) is 6.42 Å². The van der Waals surface area contributed by atoms with Gasteiger partial charge in [-0.15, -0.1) is 22.7 Å². The fourth-order valence-electron chi connectivity index (χ4n) is 3.01. The average Bonchev–Trinajstić information content (AvgIpc) is 3.39. The van der Waals surface area contributed by atoms with E-state index in [0.717, 1.165) is 45.0 Å². The van der Waals surface area contributed by atoms with Gasteiger partial charge < -0.3 is 5.32 Å². The molecule has 0 fully saturated rings. The molecule has 0 aromatic carbocycles. The summed E-state index contributed by atoms with van der Waals surface area (Å²) in [6.45, 7) is 8.71. The number of hydrogen-bond acceptors (Lipinski definition) is 7. The van der Waals surface area contributed by atoms with Crippen molar-refractivity contribution in [3.05, 3.63) is 29.8 Å². The number of aromatic amines is 1. The summed E-state index contributed by atoms with van der Waals surface area (Å²) in [6, 6.07) is 2.48. The van der Waals surface area contributed by atoms with Gasteiger partial charge in [0.15, 0.2) is 5.82 Å². The van der Waals surface area contributed by atoms with Gasteiger partial charge in [-0.2, -0.15) is 5.10 Å². The topological polar surface area (TPSA) is 79.4 Å². The van der Waals surface area contributed by atoms with E-state index in [0.29, 0.717) is 11.7 Å². The summed E-state index contributed by atoms with van der Waals surface area (Å²) in [5.74, 6) is 2.26. The number of thiophene rings is 1. The zero-order valence-electron chi connectivity index (χ0n) is 16.5. The highest BCUT2D eigenvalue weighted by atomic mass is 32.1. The number of aromatic nitrogens is 5. The number of nitrogens with zero attached hydrogens (tertiary/aromatic N) is 4. The number of rotatable bonds is 7. The first kappa shape index (κ1) is 19.0. The van der Waals surface area contributed by atoms with E-state index in [2.05, 4.69) is 54.3 Å². The fraction of sp³-hybridized carbons (Fsp3) is 0.400. The Labute approximate surface area is 172 Å². The summed E-state index contributed by atoms with van der Waals surface area (Å²) >= 11 is 3.33. The molecule has 4 rings (SSSR count). The minimum atomic E-state index is 0.287. The summed E-state index contributed by atoms with van der Waals surface area (Å²) in [4.78, 5) is 17.0. The number of H-pyrrole nitrogens is 1. The Morgan fingerprint density at radius 3 is 2.71 bits per heavy atom. The van der Waals surface area contributed by atoms with E-state index in [1.54, 1.807) is 22.7 Å². The fourth-order valence-corrected chi connectivity index (χ4v) is 4.73. The number of nitrogens with one attached hydrogen (secondary N) is 2. The van der Waals surface area contributed by atoms with E-state index >= 15 is 0 Å². The molecule has 0 saturated heterocycles. The van der Waals surface area contributed by atoms with E-state index in [9.17, 15) is 0 Å². The van der Waals surface area contributed by atoms with Crippen LogP contribution in [0.5, 0.6) is 0 Å². The van der Waals surface area contributed by atoms with Crippen molar-refractivity contribution in [2.45, 2.75) is 46.6 Å². The maximum absolute atomic E-state index is 4.73. The Morgan fingerprint density at radius 2 is 2.00 bits per heavy atom. The van der Waals surface area contributed by atoms with Crippen LogP contribution in [0.25, 0.3) is 31.4 Å². The second-order valence-corrected chi connectivity index (χ2v) is 9.50. The molecule has 4 aromatic rings. The van der Waals surface area contributed by atoms with Gasteiger partial charge in [0.25, 0.3) is 0 Å². The van der Waals surface area contributed by atoms with Crippen molar-refractivity contribution in [2.75, 3.05) is 5.32 Å². The Bertz CT molecular complexity index is 1060. The number of aryl methyl sites for hydroxylation is 1. The zero-order valence-corrected chi connectivity index (χ0v) is 18.1. The second-order valence-electron chi connectivity index (χ2n) is 7.58. The summed E-state index contributed by atoms with van der Waals surface area (Å²) < 4.78 is 0. The number of pyridine rings is 1. The first-order valence-electron chi connectivity index (χ1n) is 9.51. The van der Waals surface area contributed by atoms with Crippen LogP contribution in [0.1, 0.15) is 39.9 Å². The molecule has 8 heteroatoms. The van der Waals surface area contributed by atoms with Gasteiger partial charge in [-0.3, -0.25) is 10.1 Å². The van der Waals surface area contributed by atoms with Crippen LogP contribution in [-0.4, -0.2) is 31.2 Å². The Hall–Kier alpha value is -2.32. The molecule has 0 spiro atoms. The van der Waals surface area contributed by atoms with Crippen LogP contribution >= 0.6 is 22.7 Å². The molecule has 4 aromatic heterocycles. The minimum absolute atomic E-state index is 0.287. The molecule has 0 bridgehead atoms. The molecular formula is C20H24N6S2. The van der Waals surface area contributed by atoms with Crippen molar-refractivity contribution in [1.82, 2.24) is 25.1 Å². The highest BCUT2D eigenvalue weighted by Gasteiger charge is 2.18. The predicted octanol–water partition coefficient (Wildman–Crippen LogP) is 5.61. The van der Waals surface area contributed by atoms with Crippen LogP contribution in [0.3, 0.4) is 0 Å². The van der Waals surface area contributed by atoms with Crippen molar-refractivity contribution in [3.8, 4) is 21.1 Å². The maximum atomic E-state index is 4.73. The Morgan fingerprint density at radius 1 is 1.14 bits per heavy atom. The largest absolute Gasteiger partial charge is 0.382 e. The molecule has 2 N–H and O–H groups in total. The Balaban J connectivity index is 1.77. The molecule has 0 radical (unpaired) electrons. The predicted molar refractivity (Wildman–Crippen MR) is 118 cm³/mol. The molecule has 0 saturated carbocycles. The second kappa shape index (κ2) is 7.97. The van der Waals surface area contributed by atoms with Gasteiger partial charge >= 0.3 is 0 Å². The van der Waals surface area contributed by atoms with Gasteiger partial charge in [-0.05, 0) is 32.3 Å². The third kappa shape index (κ3) is 3.93. The SMILES string of the molecule is CC(C)CCc1nc(-c2cnc3sc(-c4cncs4)cc3c2NC(C)C)n[nH]1. The number of fused-ring (bicyclic) bond motifs is 1. The summed E-state index contributed by atoms with van der Waals surface area (Å²) in [6.07, 6.45) is 5.78. The minimum Gasteiger partial charge on any atom is -0.382 e. The van der Waals surface area contributed by atoms with Gasteiger partial charge in [0.2, 0.25) is 0 Å². The summed E-state index contributed by atoms with van der Waals surface area (Å²) in [5.41, 5.74) is 3.83. The number of anilines is 1. The van der Waals surface area contributed by atoms with Crippen molar-refractivity contribution < 1.29 is 0 Å². The van der Waals surface area contributed by atoms with Crippen molar-refractivity contribution >= 4 is 38.6 Å². The van der Waals surface area contributed by atoms with Gasteiger partial charge in [0.1, 0.15) is 10.7 Å². The molecule has 0 aliphatic heterocycles. The molecule has 6 nitrogen and oxygen atoms in total. The molecule has 0 unspecified atom stereocenters. The van der Waals surface area contributed by atoms with E-state index in [1.165, 1.54) is 4.88 Å². The highest BCUT2D eigenvalue weighted by molar-refractivity contribution is 7.25. The lowest BCUT2D eigenvalue weighted by Crippen LogP contribution is -2.11. The van der Waals surface area contributed by atoms with E-state index in [-0.39, 0.29) is 6.04 Å². The van der Waals surface area contributed by atoms with Crippen molar-refractivity contribution in [1.29, 1.82) is 0 Å². The van der Waals surface area contributed by atoms with Crippen LogP contribution in [0.15, 0.2) is 24.0 Å². The van der Waals surface area contributed by atoms with Gasteiger partial charge in [-0.25, -0.2) is 9.97 Å². The van der Waals surface area contributed by atoms with Crippen molar-refractivity contribution in [2.24, 2.45) is 5.92 Å². The standard InChI is InChI=1S/C20H24N6S2/c1-11(2)5-6-17-24-19(26-25-17)14-8-22-20-13(18(14)23-12(3)4)7-15(28-20)16-9-21-10-27-16/h7-12H,5-6H2,1-4H3,(H,22,23)(H,24,25,26). The van der Waals surface area contributed by atoms with Crippen LogP contribution in [0.2, 0.25) is 0 Å². The van der Waals surface area contributed by atoms with Crippen molar-refractivity contribution in [3.63, 3.8) is 0 Å². The lowest BCUT2D eigenvalue weighted by Gasteiger charge is -2.14. The highest BCUT2D eigenvalue weighted by Crippen LogP contribution is 2.40. The van der Waals surface area contributed by atoms with Gasteiger partial charge in [-0.1, -0.05) is 13.8 Å². The molecule has 0 amide bonds. The van der Waals surface area contributed by atoms with Crippen LogP contribution in [0, 0.1) is 5.92 Å². The summed E-state index contributed by atoms with van der Waals surface area (Å²) in [5, 5.41) is 12.3. The molecule has 0 atom stereocenters. The van der Waals surface area contributed by atoms with Gasteiger partial charge in [0, 0.05) is 35.1 Å². The monoisotopic (exact) mass is 412 g/mol. The van der Waals surface area contributed by atoms with Crippen LogP contribution in [0.4, 0.5) is 5.69 Å². The molecule has 0 aliphatic rings. The maximum Gasteiger partial charge on any atom is 0.184 e. The number of thiazole rings is 1. The quantitative estimate of drug-likeness (QED) is 0.412. The first-order valence-corrected chi connectivity index (χ1v) is 11.2. The van der Waals surface area contributed by atoms with E-state index in [1.807, 2.05) is 17.9 Å². The van der Waals surface area contributed by atoms with E-state index < -0.39 is 0 Å². The summed E-state index contributed by atoms with van der Waals surface area (Å²) in [7, 11) is 0. The molecular weight excluding hydrogens is 388 g/mol. The molecule has 4 heterocycles. The number of hydrogen-bond donors (Lipinski definition) is 2. The third-order valence-electron chi connectivity index (χ3n) is 4.40. The Kier molecular flexibility index (Phi) is 5.41.